The van der Waals surface area contributed by atoms with E-state index in [2.05, 4.69) is 26.5 Å². The van der Waals surface area contributed by atoms with E-state index in [0.717, 1.165) is 27.7 Å². The van der Waals surface area contributed by atoms with Gasteiger partial charge in [-0.1, -0.05) is 18.2 Å². The summed E-state index contributed by atoms with van der Waals surface area (Å²) in [5, 5.41) is 28.0. The highest BCUT2D eigenvalue weighted by molar-refractivity contribution is 5.93. The number of amides is 1. The summed E-state index contributed by atoms with van der Waals surface area (Å²) in [5.74, 6) is -0.410. The predicted molar refractivity (Wildman–Crippen MR) is 140 cm³/mol. The zero-order valence-corrected chi connectivity index (χ0v) is 20.9. The Morgan fingerprint density at radius 1 is 1.11 bits per heavy atom. The van der Waals surface area contributed by atoms with Crippen molar-refractivity contribution in [3.8, 4) is 28.6 Å². The molecule has 5 aromatic rings. The fourth-order valence-corrected chi connectivity index (χ4v) is 4.03. The Morgan fingerprint density at radius 2 is 1.92 bits per heavy atom. The Morgan fingerprint density at radius 3 is 2.68 bits per heavy atom. The molecule has 5 rings (SSSR count). The summed E-state index contributed by atoms with van der Waals surface area (Å²) in [7, 11) is 0. The summed E-state index contributed by atoms with van der Waals surface area (Å²) in [6.07, 6.45) is 1.53. The van der Waals surface area contributed by atoms with Crippen LogP contribution in [0.4, 0.5) is 0 Å². The maximum atomic E-state index is 13.0. The zero-order valence-electron chi connectivity index (χ0n) is 20.9. The van der Waals surface area contributed by atoms with E-state index in [1.807, 2.05) is 37.3 Å². The molecule has 1 unspecified atom stereocenters. The highest BCUT2D eigenvalue weighted by Crippen LogP contribution is 2.34. The number of aromatic nitrogens is 5. The number of nitrogens with one attached hydrogen (secondary N) is 1. The molecular formula is C28H25N7O2. The van der Waals surface area contributed by atoms with E-state index in [-0.39, 0.29) is 5.69 Å². The van der Waals surface area contributed by atoms with Gasteiger partial charge in [-0.15, -0.1) is 0 Å². The maximum Gasteiger partial charge on any atom is 0.272 e. The lowest BCUT2D eigenvalue weighted by atomic mass is 10.0. The SMILES string of the molecule is Cc1ncnc2ccc(-c3c(-c4cccc(C#N)c4)nc4ccc(C(=O)NC(C)C(C)(C)O)nn34)cc12. The van der Waals surface area contributed by atoms with Crippen LogP contribution in [-0.2, 0) is 0 Å². The Kier molecular flexibility index (Phi) is 5.90. The molecule has 0 radical (unpaired) electrons. The van der Waals surface area contributed by atoms with E-state index >= 15 is 0 Å². The van der Waals surface area contributed by atoms with Crippen molar-refractivity contribution in [2.75, 3.05) is 0 Å². The molecule has 0 saturated carbocycles. The van der Waals surface area contributed by atoms with E-state index in [0.29, 0.717) is 22.6 Å². The van der Waals surface area contributed by atoms with Crippen molar-refractivity contribution in [2.24, 2.45) is 0 Å². The van der Waals surface area contributed by atoms with E-state index in [1.165, 1.54) is 6.33 Å². The molecule has 0 saturated heterocycles. The number of nitrogens with zero attached hydrogens (tertiary/aromatic N) is 6. The fourth-order valence-electron chi connectivity index (χ4n) is 4.03. The first-order chi connectivity index (χ1) is 17.7. The van der Waals surface area contributed by atoms with Gasteiger partial charge in [-0.3, -0.25) is 4.79 Å². The van der Waals surface area contributed by atoms with Gasteiger partial charge in [0.25, 0.3) is 5.91 Å². The molecule has 0 bridgehead atoms. The molecule has 2 aromatic carbocycles. The standard InChI is InChI=1S/C28H25N7O2/c1-16-21-13-20(8-9-22(21)31-15-30-16)26-25(19-7-5-6-18(12-19)14-29)33-24-11-10-23(34-35(24)26)27(36)32-17(2)28(3,4)37/h5-13,15,17,37H,1-4H3,(H,32,36). The molecule has 3 heterocycles. The van der Waals surface area contributed by atoms with E-state index in [9.17, 15) is 15.2 Å². The molecule has 1 atom stereocenters. The van der Waals surface area contributed by atoms with Gasteiger partial charge in [-0.2, -0.15) is 10.4 Å². The second kappa shape index (κ2) is 9.08. The molecule has 1 amide bonds. The summed E-state index contributed by atoms with van der Waals surface area (Å²) in [5.41, 5.74) is 4.64. The summed E-state index contributed by atoms with van der Waals surface area (Å²) in [6.45, 7) is 6.92. The van der Waals surface area contributed by atoms with Gasteiger partial charge < -0.3 is 10.4 Å². The van der Waals surface area contributed by atoms with Gasteiger partial charge in [0.15, 0.2) is 5.65 Å². The first-order valence-corrected chi connectivity index (χ1v) is 11.8. The van der Waals surface area contributed by atoms with Crippen LogP contribution in [-0.4, -0.2) is 47.2 Å². The molecule has 0 aliphatic carbocycles. The topological polar surface area (TPSA) is 129 Å². The number of imidazole rings is 1. The lowest BCUT2D eigenvalue weighted by Gasteiger charge is -2.26. The number of carbonyl (C=O) groups is 1. The Hall–Kier alpha value is -4.68. The minimum atomic E-state index is -1.09. The number of hydrogen-bond acceptors (Lipinski definition) is 7. The largest absolute Gasteiger partial charge is 0.388 e. The van der Waals surface area contributed by atoms with Crippen molar-refractivity contribution >= 4 is 22.5 Å². The minimum absolute atomic E-state index is 0.180. The summed E-state index contributed by atoms with van der Waals surface area (Å²) in [6, 6.07) is 18.1. The number of aryl methyl sites for hydroxylation is 1. The maximum absolute atomic E-state index is 13.0. The van der Waals surface area contributed by atoms with Gasteiger partial charge in [0.05, 0.1) is 34.5 Å². The Balaban J connectivity index is 1.73. The van der Waals surface area contributed by atoms with E-state index in [1.54, 1.807) is 49.6 Å². The molecule has 9 nitrogen and oxygen atoms in total. The van der Waals surface area contributed by atoms with Gasteiger partial charge in [-0.05, 0) is 64.1 Å². The third-order valence-electron chi connectivity index (χ3n) is 6.49. The van der Waals surface area contributed by atoms with Crippen LogP contribution >= 0.6 is 0 Å². The lowest BCUT2D eigenvalue weighted by Crippen LogP contribution is -2.47. The van der Waals surface area contributed by atoms with Gasteiger partial charge in [-0.25, -0.2) is 19.5 Å². The van der Waals surface area contributed by atoms with Gasteiger partial charge in [0, 0.05) is 22.2 Å². The number of hydrogen-bond donors (Lipinski definition) is 2. The highest BCUT2D eigenvalue weighted by Gasteiger charge is 2.25. The molecule has 0 fully saturated rings. The number of nitriles is 1. The number of benzene rings is 2. The van der Waals surface area contributed by atoms with Crippen molar-refractivity contribution in [1.82, 2.24) is 29.9 Å². The molecule has 2 N–H and O–H groups in total. The number of fused-ring (bicyclic) bond motifs is 2. The van der Waals surface area contributed by atoms with Crippen LogP contribution < -0.4 is 5.32 Å². The number of carbonyl (C=O) groups excluding carboxylic acids is 1. The van der Waals surface area contributed by atoms with Crippen LogP contribution in [0.1, 0.15) is 42.5 Å². The summed E-state index contributed by atoms with van der Waals surface area (Å²) < 4.78 is 1.64. The van der Waals surface area contributed by atoms with E-state index < -0.39 is 17.6 Å². The molecule has 0 aliphatic rings. The van der Waals surface area contributed by atoms with Gasteiger partial charge in [0.2, 0.25) is 0 Å². The van der Waals surface area contributed by atoms with Crippen LogP contribution in [0, 0.1) is 18.3 Å². The quantitative estimate of drug-likeness (QED) is 0.379. The average molecular weight is 492 g/mol. The number of rotatable bonds is 5. The first kappa shape index (κ1) is 24.0. The summed E-state index contributed by atoms with van der Waals surface area (Å²) in [4.78, 5) is 26.5. The monoisotopic (exact) mass is 491 g/mol. The number of aliphatic hydroxyl groups is 1. The fraction of sp³-hybridized carbons (Fsp3) is 0.214. The molecule has 37 heavy (non-hydrogen) atoms. The van der Waals surface area contributed by atoms with Crippen LogP contribution in [0.25, 0.3) is 39.1 Å². The molecular weight excluding hydrogens is 466 g/mol. The molecule has 184 valence electrons. The summed E-state index contributed by atoms with van der Waals surface area (Å²) >= 11 is 0. The third-order valence-corrected chi connectivity index (χ3v) is 6.49. The first-order valence-electron chi connectivity index (χ1n) is 11.8. The van der Waals surface area contributed by atoms with Crippen LogP contribution in [0.15, 0.2) is 60.9 Å². The van der Waals surface area contributed by atoms with Crippen molar-refractivity contribution in [3.63, 3.8) is 0 Å². The highest BCUT2D eigenvalue weighted by atomic mass is 16.3. The van der Waals surface area contributed by atoms with Crippen molar-refractivity contribution < 1.29 is 9.90 Å². The zero-order chi connectivity index (χ0) is 26.3. The second-order valence-electron chi connectivity index (χ2n) is 9.53. The lowest BCUT2D eigenvalue weighted by molar-refractivity contribution is 0.0407. The van der Waals surface area contributed by atoms with Crippen LogP contribution in [0.5, 0.6) is 0 Å². The Bertz CT molecular complexity index is 1710. The van der Waals surface area contributed by atoms with Crippen LogP contribution in [0.2, 0.25) is 0 Å². The molecule has 9 heteroatoms. The molecule has 3 aromatic heterocycles. The normalized spacial score (nSPS) is 12.4. The molecule has 0 aliphatic heterocycles. The second-order valence-corrected chi connectivity index (χ2v) is 9.53. The smallest absolute Gasteiger partial charge is 0.272 e. The predicted octanol–water partition coefficient (Wildman–Crippen LogP) is 4.08. The average Bonchev–Trinajstić information content (AvgIpc) is 3.27. The minimum Gasteiger partial charge on any atom is -0.388 e. The van der Waals surface area contributed by atoms with Gasteiger partial charge >= 0.3 is 0 Å². The Labute approximate surface area is 213 Å². The van der Waals surface area contributed by atoms with Crippen LogP contribution in [0.3, 0.4) is 0 Å². The third kappa shape index (κ3) is 4.50. The van der Waals surface area contributed by atoms with Crippen molar-refractivity contribution in [3.05, 3.63) is 77.9 Å². The van der Waals surface area contributed by atoms with Gasteiger partial charge in [0.1, 0.15) is 17.7 Å². The van der Waals surface area contributed by atoms with Crippen molar-refractivity contribution in [1.29, 1.82) is 5.26 Å². The molecule has 0 spiro atoms. The van der Waals surface area contributed by atoms with Crippen molar-refractivity contribution in [2.45, 2.75) is 39.3 Å². The van der Waals surface area contributed by atoms with E-state index in [4.69, 9.17) is 4.98 Å².